The minimum absolute atomic E-state index is 0.00906. The molecule has 2 rings (SSSR count). The van der Waals surface area contributed by atoms with E-state index in [1.54, 1.807) is 4.90 Å². The Morgan fingerprint density at radius 3 is 2.32 bits per heavy atom. The van der Waals surface area contributed by atoms with Gasteiger partial charge in [-0.3, -0.25) is 4.79 Å². The summed E-state index contributed by atoms with van der Waals surface area (Å²) >= 11 is 0. The van der Waals surface area contributed by atoms with Crippen molar-refractivity contribution in [3.05, 3.63) is 35.4 Å². The van der Waals surface area contributed by atoms with Gasteiger partial charge in [-0.15, -0.1) is 0 Å². The van der Waals surface area contributed by atoms with Crippen LogP contribution in [0.5, 0.6) is 0 Å². The summed E-state index contributed by atoms with van der Waals surface area (Å²) in [7, 11) is 1.72. The largest absolute Gasteiger partial charge is 0.338 e. The van der Waals surface area contributed by atoms with Gasteiger partial charge in [0.1, 0.15) is 0 Å². The van der Waals surface area contributed by atoms with E-state index in [0.717, 1.165) is 5.56 Å². The van der Waals surface area contributed by atoms with Crippen molar-refractivity contribution < 1.29 is 13.2 Å². The van der Waals surface area contributed by atoms with E-state index in [1.165, 1.54) is 5.56 Å². The van der Waals surface area contributed by atoms with Crippen molar-refractivity contribution in [2.24, 2.45) is 5.92 Å². The number of likely N-dealkylation sites (tertiary alicyclic amines) is 1. The molecule has 1 aliphatic heterocycles. The third-order valence-electron chi connectivity index (χ3n) is 3.92. The van der Waals surface area contributed by atoms with Gasteiger partial charge in [0, 0.05) is 36.1 Å². The highest BCUT2D eigenvalue weighted by molar-refractivity contribution is 8.13. The van der Waals surface area contributed by atoms with Crippen LogP contribution in [0, 0.1) is 5.92 Å². The lowest BCUT2D eigenvalue weighted by Gasteiger charge is -2.20. The monoisotopic (exact) mass is 343 g/mol. The standard InChI is InChI=1S/C16H22ClNO3S/c1-16(2,3)14-6-4-12(5-7-14)9-18-10-13(8-15(18)19)11-22(17,20)21/h4-7,13H,8-11H2,1-3H3. The number of hydrogen-bond acceptors (Lipinski definition) is 3. The van der Waals surface area contributed by atoms with E-state index in [1.807, 2.05) is 12.1 Å². The Kier molecular flexibility index (Phi) is 4.87. The van der Waals surface area contributed by atoms with Crippen molar-refractivity contribution in [2.75, 3.05) is 12.3 Å². The maximum atomic E-state index is 12.0. The summed E-state index contributed by atoms with van der Waals surface area (Å²) in [4.78, 5) is 13.7. The van der Waals surface area contributed by atoms with Crippen LogP contribution in [0.1, 0.15) is 38.3 Å². The second-order valence-corrected chi connectivity index (χ2v) is 9.82. The molecule has 1 aromatic rings. The molecule has 1 unspecified atom stereocenters. The molecule has 0 saturated carbocycles. The molecule has 0 radical (unpaired) electrons. The van der Waals surface area contributed by atoms with E-state index in [9.17, 15) is 13.2 Å². The zero-order valence-corrected chi connectivity index (χ0v) is 14.7. The number of carbonyl (C=O) groups excluding carboxylic acids is 1. The normalized spacial score (nSPS) is 19.7. The summed E-state index contributed by atoms with van der Waals surface area (Å²) in [6, 6.07) is 8.21. The predicted octanol–water partition coefficient (Wildman–Crippen LogP) is 2.90. The average molecular weight is 344 g/mol. The number of nitrogens with zero attached hydrogens (tertiary/aromatic N) is 1. The van der Waals surface area contributed by atoms with Crippen LogP contribution in [0.3, 0.4) is 0 Å². The maximum absolute atomic E-state index is 12.0. The van der Waals surface area contributed by atoms with Crippen molar-refractivity contribution in [1.82, 2.24) is 4.90 Å². The van der Waals surface area contributed by atoms with Gasteiger partial charge in [-0.05, 0) is 16.5 Å². The third-order valence-corrected chi connectivity index (χ3v) is 5.17. The van der Waals surface area contributed by atoms with Crippen LogP contribution in [0.25, 0.3) is 0 Å². The lowest BCUT2D eigenvalue weighted by molar-refractivity contribution is -0.128. The SMILES string of the molecule is CC(C)(C)c1ccc(CN2CC(CS(=O)(=O)Cl)CC2=O)cc1. The van der Waals surface area contributed by atoms with Crippen molar-refractivity contribution in [3.8, 4) is 0 Å². The molecule has 1 aromatic carbocycles. The van der Waals surface area contributed by atoms with Gasteiger partial charge < -0.3 is 4.90 Å². The Bertz CT molecular complexity index is 647. The summed E-state index contributed by atoms with van der Waals surface area (Å²) < 4.78 is 22.3. The Morgan fingerprint density at radius 2 is 1.82 bits per heavy atom. The Labute approximate surface area is 136 Å². The smallest absolute Gasteiger partial charge is 0.232 e. The molecule has 1 heterocycles. The van der Waals surface area contributed by atoms with Gasteiger partial charge in [-0.25, -0.2) is 8.42 Å². The summed E-state index contributed by atoms with van der Waals surface area (Å²) in [6.45, 7) is 7.43. The quantitative estimate of drug-likeness (QED) is 0.790. The summed E-state index contributed by atoms with van der Waals surface area (Å²) in [5, 5.41) is 0. The van der Waals surface area contributed by atoms with E-state index >= 15 is 0 Å². The molecule has 1 atom stereocenters. The number of halogens is 1. The molecule has 22 heavy (non-hydrogen) atoms. The molecule has 1 fully saturated rings. The first-order chi connectivity index (χ1) is 10.0. The molecule has 0 aromatic heterocycles. The molecule has 4 nitrogen and oxygen atoms in total. The summed E-state index contributed by atoms with van der Waals surface area (Å²) in [5.41, 5.74) is 2.40. The Morgan fingerprint density at radius 1 is 1.23 bits per heavy atom. The van der Waals surface area contributed by atoms with Crippen molar-refractivity contribution >= 4 is 25.6 Å². The van der Waals surface area contributed by atoms with Gasteiger partial charge >= 0.3 is 0 Å². The highest BCUT2D eigenvalue weighted by Crippen LogP contribution is 2.25. The summed E-state index contributed by atoms with van der Waals surface area (Å²) in [6.07, 6.45) is 0.256. The van der Waals surface area contributed by atoms with Gasteiger partial charge in [-0.2, -0.15) is 0 Å². The minimum Gasteiger partial charge on any atom is -0.338 e. The van der Waals surface area contributed by atoms with E-state index in [2.05, 4.69) is 32.9 Å². The molecular formula is C16H22ClNO3S. The number of carbonyl (C=O) groups is 1. The molecule has 1 amide bonds. The highest BCUT2D eigenvalue weighted by atomic mass is 35.7. The van der Waals surface area contributed by atoms with Crippen molar-refractivity contribution in [2.45, 2.75) is 39.2 Å². The molecule has 0 bridgehead atoms. The van der Waals surface area contributed by atoms with E-state index in [-0.39, 0.29) is 29.4 Å². The molecule has 1 aliphatic rings. The van der Waals surface area contributed by atoms with Crippen LogP contribution in [0.4, 0.5) is 0 Å². The lowest BCUT2D eigenvalue weighted by Crippen LogP contribution is -2.25. The van der Waals surface area contributed by atoms with Gasteiger partial charge in [-0.1, -0.05) is 45.0 Å². The fourth-order valence-corrected chi connectivity index (χ4v) is 4.05. The van der Waals surface area contributed by atoms with E-state index in [4.69, 9.17) is 10.7 Å². The molecule has 122 valence electrons. The topological polar surface area (TPSA) is 54.5 Å². The molecule has 0 aliphatic carbocycles. The summed E-state index contributed by atoms with van der Waals surface area (Å²) in [5.74, 6) is -0.353. The van der Waals surface area contributed by atoms with Crippen LogP contribution >= 0.6 is 10.7 Å². The van der Waals surface area contributed by atoms with Crippen LogP contribution in [-0.4, -0.2) is 31.5 Å². The van der Waals surface area contributed by atoms with E-state index in [0.29, 0.717) is 13.1 Å². The first-order valence-corrected chi connectivity index (χ1v) is 9.82. The Hall–Kier alpha value is -1.07. The third kappa shape index (κ3) is 4.71. The first-order valence-electron chi connectivity index (χ1n) is 7.34. The Balaban J connectivity index is 2.01. The zero-order valence-electron chi connectivity index (χ0n) is 13.2. The minimum atomic E-state index is -3.56. The fraction of sp³-hybridized carbons (Fsp3) is 0.562. The van der Waals surface area contributed by atoms with Gasteiger partial charge in [0.05, 0.1) is 5.75 Å². The second-order valence-electron chi connectivity index (χ2n) is 7.00. The molecule has 0 N–H and O–H groups in total. The number of rotatable bonds is 4. The van der Waals surface area contributed by atoms with Crippen LogP contribution in [-0.2, 0) is 25.8 Å². The molecule has 1 saturated heterocycles. The first kappa shape index (κ1) is 17.3. The van der Waals surface area contributed by atoms with Gasteiger partial charge in [0.15, 0.2) is 0 Å². The van der Waals surface area contributed by atoms with Crippen LogP contribution < -0.4 is 0 Å². The highest BCUT2D eigenvalue weighted by Gasteiger charge is 2.32. The predicted molar refractivity (Wildman–Crippen MR) is 88.3 cm³/mol. The number of hydrogen-bond donors (Lipinski definition) is 0. The van der Waals surface area contributed by atoms with Crippen molar-refractivity contribution in [1.29, 1.82) is 0 Å². The number of benzene rings is 1. The molecule has 6 heteroatoms. The van der Waals surface area contributed by atoms with Crippen molar-refractivity contribution in [3.63, 3.8) is 0 Å². The van der Waals surface area contributed by atoms with Crippen LogP contribution in [0.2, 0.25) is 0 Å². The molecule has 0 spiro atoms. The number of amides is 1. The maximum Gasteiger partial charge on any atom is 0.232 e. The second kappa shape index (κ2) is 6.20. The lowest BCUT2D eigenvalue weighted by atomic mass is 9.87. The van der Waals surface area contributed by atoms with Gasteiger partial charge in [0.25, 0.3) is 0 Å². The molecular weight excluding hydrogens is 322 g/mol. The van der Waals surface area contributed by atoms with Gasteiger partial charge in [0.2, 0.25) is 15.0 Å². The van der Waals surface area contributed by atoms with Crippen LogP contribution in [0.15, 0.2) is 24.3 Å². The fourth-order valence-electron chi connectivity index (χ4n) is 2.73. The van der Waals surface area contributed by atoms with E-state index < -0.39 is 9.05 Å². The average Bonchev–Trinajstić information content (AvgIpc) is 2.66. The zero-order chi connectivity index (χ0) is 16.5.